The van der Waals surface area contributed by atoms with Gasteiger partial charge in [0.1, 0.15) is 11.6 Å². The van der Waals surface area contributed by atoms with E-state index in [1.54, 1.807) is 6.07 Å². The van der Waals surface area contributed by atoms with Crippen LogP contribution in [0.5, 0.6) is 5.75 Å². The number of aryl methyl sites for hydroxylation is 1. The van der Waals surface area contributed by atoms with Gasteiger partial charge >= 0.3 is 0 Å². The molecule has 2 aromatic heterocycles. The van der Waals surface area contributed by atoms with Gasteiger partial charge in [0.15, 0.2) is 0 Å². The summed E-state index contributed by atoms with van der Waals surface area (Å²) in [6, 6.07) is 46.7. The molecule has 0 spiro atoms. The van der Waals surface area contributed by atoms with Crippen LogP contribution in [0.25, 0.3) is 72.7 Å². The first-order chi connectivity index (χ1) is 30.8. The van der Waals surface area contributed by atoms with Gasteiger partial charge in [-0.25, -0.2) is 4.98 Å². The number of rotatable bonds is 6. The summed E-state index contributed by atoms with van der Waals surface area (Å²) >= 11 is 0. The minimum absolute atomic E-state index is 0. The van der Waals surface area contributed by atoms with Crippen LogP contribution in [0, 0.1) is 12.9 Å². The van der Waals surface area contributed by atoms with E-state index in [0.717, 1.165) is 61.3 Å². The topological polar surface area (TPSA) is 50.9 Å². The van der Waals surface area contributed by atoms with Crippen molar-refractivity contribution in [1.82, 2.24) is 14.5 Å². The van der Waals surface area contributed by atoms with E-state index in [4.69, 9.17) is 14.1 Å². The number of benzene rings is 6. The van der Waals surface area contributed by atoms with E-state index in [0.29, 0.717) is 28.1 Å². The maximum Gasteiger partial charge on any atom is 0.148 e. The van der Waals surface area contributed by atoms with Crippen LogP contribution < -0.4 is 0 Å². The smallest absolute Gasteiger partial charge is 0.148 e. The fourth-order valence-corrected chi connectivity index (χ4v) is 8.30. The molecule has 8 aromatic rings. The molecule has 0 saturated heterocycles. The predicted octanol–water partition coefficient (Wildman–Crippen LogP) is 15.8. The molecule has 1 N–H and O–H groups in total. The van der Waals surface area contributed by atoms with Crippen molar-refractivity contribution in [1.29, 1.82) is 0 Å². The van der Waals surface area contributed by atoms with Crippen LogP contribution in [0.2, 0.25) is 0 Å². The Hall–Kier alpha value is -5.57. The van der Waals surface area contributed by atoms with Crippen molar-refractivity contribution < 1.29 is 30.3 Å². The molecule has 330 valence electrons. The Morgan fingerprint density at radius 2 is 1.16 bits per heavy atom. The molecule has 0 saturated carbocycles. The van der Waals surface area contributed by atoms with Gasteiger partial charge < -0.3 is 5.11 Å². The number of aromatic nitrogens is 3. The first-order valence-electron chi connectivity index (χ1n) is 23.5. The van der Waals surface area contributed by atoms with Crippen LogP contribution in [-0.2, 0) is 42.7 Å². The molecule has 0 amide bonds. The average Bonchev–Trinajstić information content (AvgIpc) is 3.64. The maximum absolute atomic E-state index is 12.4. The first kappa shape index (κ1) is 42.4. The summed E-state index contributed by atoms with van der Waals surface area (Å²) in [5.41, 5.74) is 13.1. The van der Waals surface area contributed by atoms with Crippen LogP contribution in [0.4, 0.5) is 0 Å². The molecule has 8 rings (SSSR count). The number of imidazole rings is 1. The minimum atomic E-state index is -2.49. The van der Waals surface area contributed by atoms with E-state index in [1.165, 1.54) is 5.56 Å². The summed E-state index contributed by atoms with van der Waals surface area (Å²) in [7, 11) is 0. The predicted molar refractivity (Wildman–Crippen MR) is 266 cm³/mol. The zero-order chi connectivity index (χ0) is 47.7. The second-order valence-electron chi connectivity index (χ2n) is 21.2. The molecule has 6 aromatic carbocycles. The zero-order valence-corrected chi connectivity index (χ0v) is 41.6. The molecular formula is C59H62N3OPt-. The average molecular weight is 1030 g/mol. The third kappa shape index (κ3) is 9.18. The van der Waals surface area contributed by atoms with Gasteiger partial charge in [-0.2, -0.15) is 0 Å². The summed E-state index contributed by atoms with van der Waals surface area (Å²) in [4.78, 5) is 10.4. The fraction of sp³-hybridized carbons (Fsp3) is 0.288. The third-order valence-electron chi connectivity index (χ3n) is 12.2. The standard InChI is InChI=1S/C59H62N3O.Pt/c1-37-30-40(38-18-15-14-16-19-38)24-27-51(37)62-52-21-17-20-47(53(52)61-55(62)48-35-46(58(8,9)10)36-49(54(48)63)59(11,12)13)42-31-43(33-45(32-42)57(5,6)7)50-34-41(28-29-60-50)39-22-25-44(26-23-39)56(2,3)4;/h14-30,32-36,63H,1-13H3;/q-1;/i1D3;. The molecule has 0 radical (unpaired) electrons. The molecule has 5 heteroatoms. The molecule has 0 aliphatic rings. The number of para-hydroxylation sites is 1. The Balaban J connectivity index is 0.00000666. The molecule has 0 atom stereocenters. The van der Waals surface area contributed by atoms with Gasteiger partial charge in [-0.1, -0.05) is 179 Å². The zero-order valence-electron chi connectivity index (χ0n) is 42.3. The van der Waals surface area contributed by atoms with Gasteiger partial charge in [0, 0.05) is 42.6 Å². The Labute approximate surface area is 400 Å². The Morgan fingerprint density at radius 3 is 1.80 bits per heavy atom. The normalized spacial score (nSPS) is 13.3. The molecule has 0 aliphatic heterocycles. The van der Waals surface area contributed by atoms with E-state index in [1.807, 2.05) is 77.5 Å². The number of pyridine rings is 1. The van der Waals surface area contributed by atoms with Crippen LogP contribution in [0.3, 0.4) is 0 Å². The first-order valence-corrected chi connectivity index (χ1v) is 22.0. The fourth-order valence-electron chi connectivity index (χ4n) is 8.30. The summed E-state index contributed by atoms with van der Waals surface area (Å²) in [5.74, 6) is 0.566. The Bertz CT molecular complexity index is 3100. The van der Waals surface area contributed by atoms with Crippen LogP contribution in [0.1, 0.15) is 115 Å². The molecule has 0 unspecified atom stereocenters. The van der Waals surface area contributed by atoms with E-state index >= 15 is 0 Å². The van der Waals surface area contributed by atoms with E-state index in [-0.39, 0.29) is 48.6 Å². The number of phenols is 1. The molecule has 4 nitrogen and oxygen atoms in total. The van der Waals surface area contributed by atoms with E-state index < -0.39 is 12.3 Å². The van der Waals surface area contributed by atoms with Gasteiger partial charge in [-0.3, -0.25) is 9.55 Å². The Morgan fingerprint density at radius 1 is 0.547 bits per heavy atom. The number of phenolic OH excluding ortho intramolecular Hbond substituents is 1. The van der Waals surface area contributed by atoms with Gasteiger partial charge in [0.25, 0.3) is 0 Å². The van der Waals surface area contributed by atoms with Crippen molar-refractivity contribution in [2.24, 2.45) is 0 Å². The van der Waals surface area contributed by atoms with Crippen LogP contribution in [-0.4, -0.2) is 19.6 Å². The van der Waals surface area contributed by atoms with Crippen molar-refractivity contribution >= 4 is 11.0 Å². The maximum atomic E-state index is 12.4. The molecule has 0 aliphatic carbocycles. The second kappa shape index (κ2) is 17.1. The minimum Gasteiger partial charge on any atom is -0.507 e. The largest absolute Gasteiger partial charge is 0.507 e. The summed E-state index contributed by atoms with van der Waals surface area (Å²) < 4.78 is 28.8. The summed E-state index contributed by atoms with van der Waals surface area (Å²) in [6.45, 7) is 23.6. The van der Waals surface area contributed by atoms with E-state index in [2.05, 4.69) is 144 Å². The Kier molecular flexibility index (Phi) is 11.3. The number of hydrogen-bond donors (Lipinski definition) is 1. The van der Waals surface area contributed by atoms with Gasteiger partial charge in [-0.05, 0) is 97.8 Å². The summed E-state index contributed by atoms with van der Waals surface area (Å²) in [5, 5.41) is 12.4. The van der Waals surface area contributed by atoms with Gasteiger partial charge in [0.05, 0.1) is 22.3 Å². The quantitative estimate of drug-likeness (QED) is 0.169. The van der Waals surface area contributed by atoms with Crippen molar-refractivity contribution in [3.8, 4) is 67.5 Å². The number of hydrogen-bond acceptors (Lipinski definition) is 3. The van der Waals surface area contributed by atoms with Gasteiger partial charge in [-0.15, -0.1) is 29.3 Å². The second-order valence-corrected chi connectivity index (χ2v) is 21.2. The SMILES string of the molecule is [2H]C([2H])([2H])c1cc(-c2ccccc2)ccc1-n1c(-c2cc(C(C)(C)C)cc(C(C)(C)C)c2O)nc2c(-c3[c-]c(-c4cc(-c5ccc(C(C)(C)C)cc5)ccn4)cc(C(C)(C)C)c3)cccc21.[Pt]. The van der Waals surface area contributed by atoms with Crippen molar-refractivity contribution in [3.63, 3.8) is 0 Å². The molecular weight excluding hydrogens is 962 g/mol. The third-order valence-corrected chi connectivity index (χ3v) is 12.2. The number of aromatic hydroxyl groups is 1. The van der Waals surface area contributed by atoms with Crippen molar-refractivity contribution in [2.75, 3.05) is 0 Å². The molecule has 0 fully saturated rings. The van der Waals surface area contributed by atoms with Gasteiger partial charge in [0.2, 0.25) is 0 Å². The number of nitrogens with zero attached hydrogens (tertiary/aromatic N) is 3. The van der Waals surface area contributed by atoms with Crippen molar-refractivity contribution in [2.45, 2.75) is 112 Å². The number of fused-ring (bicyclic) bond motifs is 1. The molecule has 64 heavy (non-hydrogen) atoms. The van der Waals surface area contributed by atoms with Crippen LogP contribution in [0.15, 0.2) is 134 Å². The molecule has 0 bridgehead atoms. The van der Waals surface area contributed by atoms with Crippen molar-refractivity contribution in [3.05, 3.63) is 167 Å². The van der Waals surface area contributed by atoms with E-state index in [9.17, 15) is 5.11 Å². The van der Waals surface area contributed by atoms with Crippen LogP contribution >= 0.6 is 0 Å². The summed E-state index contributed by atoms with van der Waals surface area (Å²) in [6.07, 6.45) is 1.86. The molecule has 2 heterocycles. The monoisotopic (exact) mass is 1030 g/mol.